The minimum atomic E-state index is -0.523. The molecule has 4 rings (SSSR count). The van der Waals surface area contributed by atoms with E-state index in [1.54, 1.807) is 53.6 Å². The molecule has 0 spiro atoms. The fourth-order valence-corrected chi connectivity index (χ4v) is 3.27. The second-order valence-electron chi connectivity index (χ2n) is 6.93. The molecular formula is C23H20FN3O3. The van der Waals surface area contributed by atoms with Crippen LogP contribution in [0.4, 0.5) is 10.1 Å². The van der Waals surface area contributed by atoms with Crippen LogP contribution in [0.15, 0.2) is 67.0 Å². The number of amides is 2. The summed E-state index contributed by atoms with van der Waals surface area (Å²) >= 11 is 0. The number of pyridine rings is 1. The number of rotatable bonds is 6. The number of hydrogen-bond donors (Lipinski definition) is 1. The van der Waals surface area contributed by atoms with E-state index >= 15 is 0 Å². The summed E-state index contributed by atoms with van der Waals surface area (Å²) in [5.74, 6) is -0.164. The zero-order valence-electron chi connectivity index (χ0n) is 16.2. The molecule has 1 N–H and O–H groups in total. The van der Waals surface area contributed by atoms with Crippen LogP contribution in [0.1, 0.15) is 28.8 Å². The Hall–Kier alpha value is -3.74. The van der Waals surface area contributed by atoms with E-state index in [0.29, 0.717) is 29.8 Å². The average Bonchev–Trinajstić information content (AvgIpc) is 3.20. The smallest absolute Gasteiger partial charge is 0.251 e. The number of aromatic nitrogens is 1. The number of hydrogen-bond acceptors (Lipinski definition) is 4. The Morgan fingerprint density at radius 1 is 1.17 bits per heavy atom. The number of carbonyl (C=O) groups excluding carboxylic acids is 2. The van der Waals surface area contributed by atoms with Gasteiger partial charge in [-0.25, -0.2) is 4.39 Å². The number of halogens is 1. The maximum absolute atomic E-state index is 14.3. The van der Waals surface area contributed by atoms with Gasteiger partial charge in [0.05, 0.1) is 6.20 Å². The van der Waals surface area contributed by atoms with Crippen molar-refractivity contribution in [1.29, 1.82) is 0 Å². The highest BCUT2D eigenvalue weighted by molar-refractivity contribution is 5.97. The van der Waals surface area contributed by atoms with Gasteiger partial charge in [-0.2, -0.15) is 0 Å². The lowest BCUT2D eigenvalue weighted by Crippen LogP contribution is -2.25. The van der Waals surface area contributed by atoms with Crippen LogP contribution >= 0.6 is 0 Å². The molecule has 7 heteroatoms. The molecule has 6 nitrogen and oxygen atoms in total. The molecule has 0 saturated carbocycles. The summed E-state index contributed by atoms with van der Waals surface area (Å²) in [7, 11) is 0. The monoisotopic (exact) mass is 405 g/mol. The molecule has 1 saturated heterocycles. The molecule has 1 aliphatic heterocycles. The lowest BCUT2D eigenvalue weighted by atomic mass is 10.1. The van der Waals surface area contributed by atoms with Crippen LogP contribution in [0, 0.1) is 5.82 Å². The second kappa shape index (κ2) is 8.73. The van der Waals surface area contributed by atoms with E-state index in [-0.39, 0.29) is 24.1 Å². The minimum absolute atomic E-state index is 0.0881. The molecule has 3 aromatic rings. The Labute approximate surface area is 173 Å². The highest BCUT2D eigenvalue weighted by Crippen LogP contribution is 2.25. The van der Waals surface area contributed by atoms with Gasteiger partial charge in [0.15, 0.2) is 11.6 Å². The highest BCUT2D eigenvalue weighted by atomic mass is 19.1. The minimum Gasteiger partial charge on any atom is -0.453 e. The van der Waals surface area contributed by atoms with Crippen LogP contribution in [-0.4, -0.2) is 23.3 Å². The summed E-state index contributed by atoms with van der Waals surface area (Å²) in [5.41, 5.74) is 1.88. The zero-order chi connectivity index (χ0) is 20.9. The second-order valence-corrected chi connectivity index (χ2v) is 6.93. The zero-order valence-corrected chi connectivity index (χ0v) is 16.2. The highest BCUT2D eigenvalue weighted by Gasteiger charge is 2.21. The molecule has 1 fully saturated rings. The third kappa shape index (κ3) is 4.46. The van der Waals surface area contributed by atoms with E-state index in [0.717, 1.165) is 12.1 Å². The van der Waals surface area contributed by atoms with Gasteiger partial charge in [0.1, 0.15) is 5.75 Å². The van der Waals surface area contributed by atoms with Gasteiger partial charge in [0.25, 0.3) is 5.91 Å². The van der Waals surface area contributed by atoms with E-state index in [1.807, 2.05) is 0 Å². The molecule has 0 unspecified atom stereocenters. The summed E-state index contributed by atoms with van der Waals surface area (Å²) in [4.78, 5) is 29.8. The van der Waals surface area contributed by atoms with Gasteiger partial charge in [-0.3, -0.25) is 14.6 Å². The van der Waals surface area contributed by atoms with Crippen molar-refractivity contribution in [3.63, 3.8) is 0 Å². The Morgan fingerprint density at radius 3 is 2.67 bits per heavy atom. The molecule has 0 atom stereocenters. The van der Waals surface area contributed by atoms with Crippen LogP contribution < -0.4 is 15.0 Å². The van der Waals surface area contributed by atoms with E-state index in [9.17, 15) is 14.0 Å². The van der Waals surface area contributed by atoms with Gasteiger partial charge in [0.2, 0.25) is 5.91 Å². The number of nitrogens with one attached hydrogen (secondary N) is 1. The summed E-state index contributed by atoms with van der Waals surface area (Å²) in [6, 6.07) is 14.8. The third-order valence-electron chi connectivity index (χ3n) is 4.83. The predicted molar refractivity (Wildman–Crippen MR) is 110 cm³/mol. The van der Waals surface area contributed by atoms with Gasteiger partial charge in [0, 0.05) is 37.0 Å². The van der Waals surface area contributed by atoms with Crippen molar-refractivity contribution in [3.8, 4) is 11.5 Å². The third-order valence-corrected chi connectivity index (χ3v) is 4.83. The maximum atomic E-state index is 14.3. The number of carbonyl (C=O) groups is 2. The first-order chi connectivity index (χ1) is 14.6. The van der Waals surface area contributed by atoms with E-state index < -0.39 is 5.82 Å². The van der Waals surface area contributed by atoms with Crippen LogP contribution in [0.25, 0.3) is 0 Å². The van der Waals surface area contributed by atoms with E-state index in [1.165, 1.54) is 18.3 Å². The fraction of sp³-hybridized carbons (Fsp3) is 0.174. The number of benzene rings is 2. The van der Waals surface area contributed by atoms with Gasteiger partial charge in [-0.15, -0.1) is 0 Å². The Kier molecular flexibility index (Phi) is 5.70. The fourth-order valence-electron chi connectivity index (χ4n) is 3.27. The molecule has 1 aromatic heterocycles. The summed E-state index contributed by atoms with van der Waals surface area (Å²) < 4.78 is 19.8. The molecule has 152 valence electrons. The maximum Gasteiger partial charge on any atom is 0.251 e. The van der Waals surface area contributed by atoms with Crippen molar-refractivity contribution in [1.82, 2.24) is 10.3 Å². The summed E-state index contributed by atoms with van der Waals surface area (Å²) in [5, 5.41) is 2.77. The lowest BCUT2D eigenvalue weighted by Gasteiger charge is -2.15. The van der Waals surface area contributed by atoms with Crippen molar-refractivity contribution in [2.24, 2.45) is 0 Å². The normalized spacial score (nSPS) is 13.4. The van der Waals surface area contributed by atoms with Crippen molar-refractivity contribution < 1.29 is 18.7 Å². The number of anilines is 1. The Morgan fingerprint density at radius 2 is 2.00 bits per heavy atom. The SMILES string of the molecule is O=C(NCc1ccc(Oc2cccnc2)c(F)c1)c1ccc(N2CCCC2=O)cc1. The van der Waals surface area contributed by atoms with Gasteiger partial charge in [-0.1, -0.05) is 6.07 Å². The molecule has 0 bridgehead atoms. The van der Waals surface area contributed by atoms with Crippen molar-refractivity contribution in [2.75, 3.05) is 11.4 Å². The Bertz CT molecular complexity index is 1060. The van der Waals surface area contributed by atoms with Crippen LogP contribution in [-0.2, 0) is 11.3 Å². The lowest BCUT2D eigenvalue weighted by molar-refractivity contribution is -0.117. The molecule has 1 aliphatic rings. The van der Waals surface area contributed by atoms with Crippen molar-refractivity contribution in [2.45, 2.75) is 19.4 Å². The largest absolute Gasteiger partial charge is 0.453 e. The molecule has 2 aromatic carbocycles. The molecular weight excluding hydrogens is 385 g/mol. The summed E-state index contributed by atoms with van der Waals surface area (Å²) in [6.45, 7) is 0.881. The van der Waals surface area contributed by atoms with Crippen LogP contribution in [0.5, 0.6) is 11.5 Å². The number of ether oxygens (including phenoxy) is 1. The first-order valence-electron chi connectivity index (χ1n) is 9.65. The molecule has 30 heavy (non-hydrogen) atoms. The summed E-state index contributed by atoms with van der Waals surface area (Å²) in [6.07, 6.45) is 4.52. The van der Waals surface area contributed by atoms with Crippen LogP contribution in [0.2, 0.25) is 0 Å². The molecule has 0 radical (unpaired) electrons. The average molecular weight is 405 g/mol. The molecule has 2 heterocycles. The predicted octanol–water partition coefficient (Wildman–Crippen LogP) is 4.07. The number of nitrogens with zero attached hydrogens (tertiary/aromatic N) is 2. The van der Waals surface area contributed by atoms with Crippen molar-refractivity contribution in [3.05, 3.63) is 83.9 Å². The van der Waals surface area contributed by atoms with E-state index in [2.05, 4.69) is 10.3 Å². The van der Waals surface area contributed by atoms with Crippen molar-refractivity contribution >= 4 is 17.5 Å². The van der Waals surface area contributed by atoms with Gasteiger partial charge >= 0.3 is 0 Å². The van der Waals surface area contributed by atoms with Crippen LogP contribution in [0.3, 0.4) is 0 Å². The first kappa shape index (κ1) is 19.6. The first-order valence-corrected chi connectivity index (χ1v) is 9.65. The molecule has 0 aliphatic carbocycles. The van der Waals surface area contributed by atoms with Gasteiger partial charge in [-0.05, 0) is 60.5 Å². The quantitative estimate of drug-likeness (QED) is 0.671. The van der Waals surface area contributed by atoms with E-state index in [4.69, 9.17) is 4.74 Å². The van der Waals surface area contributed by atoms with Gasteiger partial charge < -0.3 is 15.0 Å². The standard InChI is InChI=1S/C23H20FN3O3/c24-20-13-16(5-10-21(20)30-19-3-1-11-25-15-19)14-26-23(29)17-6-8-18(9-7-17)27-12-2-4-22(27)28/h1,3,5-11,13,15H,2,4,12,14H2,(H,26,29). The topological polar surface area (TPSA) is 71.5 Å². The molecule has 2 amide bonds. The Balaban J connectivity index is 1.35.